The third-order valence-corrected chi connectivity index (χ3v) is 3.19. The molecule has 6 heteroatoms. The highest BCUT2D eigenvalue weighted by molar-refractivity contribution is 5.82. The van der Waals surface area contributed by atoms with Crippen LogP contribution in [0.1, 0.15) is 5.56 Å². The lowest BCUT2D eigenvalue weighted by Gasteiger charge is -2.08. The first-order valence-electron chi connectivity index (χ1n) is 6.16. The quantitative estimate of drug-likeness (QED) is 0.783. The summed E-state index contributed by atoms with van der Waals surface area (Å²) in [6, 6.07) is 11.8. The third-order valence-electron chi connectivity index (χ3n) is 3.19. The SMILES string of the molecule is COc1cc2c(cc1F)nc(N)n2-c1cccc(C#N)c1. The van der Waals surface area contributed by atoms with Crippen molar-refractivity contribution in [2.75, 3.05) is 12.8 Å². The molecule has 2 N–H and O–H groups in total. The number of imidazole rings is 1. The number of nitrogens with zero attached hydrogens (tertiary/aromatic N) is 3. The number of nitrogen functional groups attached to an aromatic ring is 1. The lowest BCUT2D eigenvalue weighted by atomic mass is 10.2. The standard InChI is InChI=1S/C15H11FN4O/c1-21-14-7-13-12(6-11(14)16)19-15(18)20(13)10-4-2-3-9(5-10)8-17/h2-7H,1H3,(H2,18,19). The van der Waals surface area contributed by atoms with Gasteiger partial charge in [0.1, 0.15) is 0 Å². The molecule has 21 heavy (non-hydrogen) atoms. The van der Waals surface area contributed by atoms with Crippen LogP contribution in [0.3, 0.4) is 0 Å². The molecule has 3 aromatic rings. The van der Waals surface area contributed by atoms with Gasteiger partial charge in [0.05, 0.1) is 35.5 Å². The van der Waals surface area contributed by atoms with Crippen molar-refractivity contribution >= 4 is 17.0 Å². The van der Waals surface area contributed by atoms with Crippen LogP contribution in [0, 0.1) is 17.1 Å². The summed E-state index contributed by atoms with van der Waals surface area (Å²) < 4.78 is 20.4. The molecule has 0 amide bonds. The van der Waals surface area contributed by atoms with Crippen LogP contribution >= 0.6 is 0 Å². The van der Waals surface area contributed by atoms with E-state index in [1.165, 1.54) is 19.2 Å². The lowest BCUT2D eigenvalue weighted by Crippen LogP contribution is -2.01. The Labute approximate surface area is 120 Å². The Kier molecular flexibility index (Phi) is 2.95. The van der Waals surface area contributed by atoms with Gasteiger partial charge in [-0.25, -0.2) is 9.37 Å². The fourth-order valence-corrected chi connectivity index (χ4v) is 2.24. The van der Waals surface area contributed by atoms with E-state index in [0.29, 0.717) is 22.3 Å². The van der Waals surface area contributed by atoms with Crippen molar-refractivity contribution in [2.24, 2.45) is 0 Å². The van der Waals surface area contributed by atoms with Gasteiger partial charge in [0.25, 0.3) is 0 Å². The number of hydrogen-bond acceptors (Lipinski definition) is 4. The number of anilines is 1. The van der Waals surface area contributed by atoms with Gasteiger partial charge in [-0.15, -0.1) is 0 Å². The molecule has 0 radical (unpaired) electrons. The first-order chi connectivity index (χ1) is 10.1. The molecule has 0 unspecified atom stereocenters. The zero-order valence-electron chi connectivity index (χ0n) is 11.2. The van der Waals surface area contributed by atoms with Gasteiger partial charge in [0.2, 0.25) is 5.95 Å². The lowest BCUT2D eigenvalue weighted by molar-refractivity contribution is 0.387. The smallest absolute Gasteiger partial charge is 0.205 e. The molecule has 0 aliphatic carbocycles. The predicted octanol–water partition coefficient (Wildman–Crippen LogP) is 2.63. The number of halogens is 1. The van der Waals surface area contributed by atoms with Crippen LogP contribution in [0.25, 0.3) is 16.7 Å². The Hall–Kier alpha value is -3.07. The van der Waals surface area contributed by atoms with E-state index in [0.717, 1.165) is 0 Å². The molecule has 0 aliphatic heterocycles. The van der Waals surface area contributed by atoms with Crippen LogP contribution in [-0.2, 0) is 0 Å². The molecule has 0 spiro atoms. The number of methoxy groups -OCH3 is 1. The molecule has 0 saturated carbocycles. The molecule has 2 aromatic carbocycles. The van der Waals surface area contributed by atoms with Gasteiger partial charge in [-0.1, -0.05) is 6.07 Å². The summed E-state index contributed by atoms with van der Waals surface area (Å²) in [5.41, 5.74) is 8.15. The van der Waals surface area contributed by atoms with Crippen molar-refractivity contribution in [3.05, 3.63) is 47.8 Å². The fraction of sp³-hybridized carbons (Fsp3) is 0.0667. The van der Waals surface area contributed by atoms with Crippen molar-refractivity contribution in [1.82, 2.24) is 9.55 Å². The Balaban J connectivity index is 2.31. The van der Waals surface area contributed by atoms with E-state index in [2.05, 4.69) is 11.1 Å². The summed E-state index contributed by atoms with van der Waals surface area (Å²) in [6.45, 7) is 0. The maximum Gasteiger partial charge on any atom is 0.205 e. The summed E-state index contributed by atoms with van der Waals surface area (Å²) in [4.78, 5) is 4.14. The van der Waals surface area contributed by atoms with Crippen molar-refractivity contribution in [3.63, 3.8) is 0 Å². The number of rotatable bonds is 2. The summed E-state index contributed by atoms with van der Waals surface area (Å²) in [5.74, 6) is -0.173. The van der Waals surface area contributed by atoms with E-state index in [9.17, 15) is 4.39 Å². The number of nitriles is 1. The van der Waals surface area contributed by atoms with Gasteiger partial charge >= 0.3 is 0 Å². The largest absolute Gasteiger partial charge is 0.494 e. The summed E-state index contributed by atoms with van der Waals surface area (Å²) in [5, 5.41) is 8.98. The maximum absolute atomic E-state index is 13.7. The minimum atomic E-state index is -0.500. The molecule has 1 heterocycles. The van der Waals surface area contributed by atoms with Crippen molar-refractivity contribution < 1.29 is 9.13 Å². The molecule has 0 fully saturated rings. The van der Waals surface area contributed by atoms with Gasteiger partial charge in [0, 0.05) is 12.1 Å². The van der Waals surface area contributed by atoms with Crippen molar-refractivity contribution in [1.29, 1.82) is 5.26 Å². The second-order valence-electron chi connectivity index (χ2n) is 4.44. The molecule has 0 bridgehead atoms. The molecule has 0 aliphatic rings. The summed E-state index contributed by atoms with van der Waals surface area (Å²) in [7, 11) is 1.39. The maximum atomic E-state index is 13.7. The highest BCUT2D eigenvalue weighted by atomic mass is 19.1. The normalized spacial score (nSPS) is 10.5. The first kappa shape index (κ1) is 12.9. The van der Waals surface area contributed by atoms with Crippen LogP contribution in [-0.4, -0.2) is 16.7 Å². The highest BCUT2D eigenvalue weighted by Crippen LogP contribution is 2.29. The van der Waals surface area contributed by atoms with E-state index >= 15 is 0 Å². The van der Waals surface area contributed by atoms with Crippen molar-refractivity contribution in [2.45, 2.75) is 0 Å². The zero-order valence-corrected chi connectivity index (χ0v) is 11.2. The molecule has 104 valence electrons. The fourth-order valence-electron chi connectivity index (χ4n) is 2.24. The van der Waals surface area contributed by atoms with E-state index in [1.807, 2.05) is 0 Å². The van der Waals surface area contributed by atoms with E-state index in [-0.39, 0.29) is 11.7 Å². The monoisotopic (exact) mass is 282 g/mol. The third kappa shape index (κ3) is 2.05. The number of benzene rings is 2. The first-order valence-corrected chi connectivity index (χ1v) is 6.16. The Morgan fingerprint density at radius 3 is 2.86 bits per heavy atom. The van der Waals surface area contributed by atoms with Crippen LogP contribution in [0.5, 0.6) is 5.75 Å². The Morgan fingerprint density at radius 1 is 1.33 bits per heavy atom. The predicted molar refractivity (Wildman–Crippen MR) is 76.7 cm³/mol. The minimum absolute atomic E-state index is 0.111. The van der Waals surface area contributed by atoms with Crippen LogP contribution in [0.4, 0.5) is 10.3 Å². The molecular weight excluding hydrogens is 271 g/mol. The average Bonchev–Trinajstić information content (AvgIpc) is 2.81. The number of hydrogen-bond donors (Lipinski definition) is 1. The second kappa shape index (κ2) is 4.80. The van der Waals surface area contributed by atoms with Gasteiger partial charge < -0.3 is 10.5 Å². The van der Waals surface area contributed by atoms with Gasteiger partial charge in [-0.2, -0.15) is 5.26 Å². The van der Waals surface area contributed by atoms with Crippen LogP contribution < -0.4 is 10.5 Å². The zero-order chi connectivity index (χ0) is 15.0. The van der Waals surface area contributed by atoms with Crippen molar-refractivity contribution in [3.8, 4) is 17.5 Å². The topological polar surface area (TPSA) is 76.9 Å². The second-order valence-corrected chi connectivity index (χ2v) is 4.44. The minimum Gasteiger partial charge on any atom is -0.494 e. The molecular formula is C15H11FN4O. The van der Waals surface area contributed by atoms with E-state index in [4.69, 9.17) is 15.7 Å². The number of nitrogens with two attached hydrogens (primary N) is 1. The molecule has 5 nitrogen and oxygen atoms in total. The number of ether oxygens (including phenoxy) is 1. The molecule has 1 aromatic heterocycles. The average molecular weight is 282 g/mol. The molecule has 0 atom stereocenters. The highest BCUT2D eigenvalue weighted by Gasteiger charge is 2.14. The summed E-state index contributed by atoms with van der Waals surface area (Å²) in [6.07, 6.45) is 0. The summed E-state index contributed by atoms with van der Waals surface area (Å²) >= 11 is 0. The van der Waals surface area contributed by atoms with E-state index in [1.54, 1.807) is 28.8 Å². The molecule has 3 rings (SSSR count). The van der Waals surface area contributed by atoms with Gasteiger partial charge in [-0.3, -0.25) is 4.57 Å². The van der Waals surface area contributed by atoms with Crippen LogP contribution in [0.15, 0.2) is 36.4 Å². The van der Waals surface area contributed by atoms with Crippen LogP contribution in [0.2, 0.25) is 0 Å². The van der Waals surface area contributed by atoms with E-state index < -0.39 is 5.82 Å². The Morgan fingerprint density at radius 2 is 2.14 bits per heavy atom. The molecule has 0 saturated heterocycles. The number of fused-ring (bicyclic) bond motifs is 1. The Bertz CT molecular complexity index is 879. The number of aromatic nitrogens is 2. The van der Waals surface area contributed by atoms with Gasteiger partial charge in [-0.05, 0) is 18.2 Å². The van der Waals surface area contributed by atoms with Gasteiger partial charge in [0.15, 0.2) is 11.6 Å².